The zero-order valence-corrected chi connectivity index (χ0v) is 44.4. The number of carbonyl (C=O) groups excluding carboxylic acids is 1. The lowest BCUT2D eigenvalue weighted by molar-refractivity contribution is -0.870. The number of phosphoric acid groups is 1. The smallest absolute Gasteiger partial charge is 0.391 e. The molecule has 0 saturated carbocycles. The number of aliphatic hydroxyl groups excluding tert-OH is 1. The number of nitrogens with one attached hydrogen (secondary N) is 1. The third kappa shape index (κ3) is 49.2. The number of rotatable bonds is 52. The molecular weight excluding hydrogens is 816 g/mol. The maximum atomic E-state index is 12.9. The SMILES string of the molecule is CCCC/C=C\CCCCCCCC(=O)NC(COP(=O)(O)OCC[N+](C)(C)C)C(O)CCCCCCCCCCCCCCCCCCCCCCCCCCCCCCCCC. The molecule has 0 heterocycles. The van der Waals surface area contributed by atoms with Gasteiger partial charge in [-0.15, -0.1) is 0 Å². The van der Waals surface area contributed by atoms with Crippen LogP contribution in [0.4, 0.5) is 0 Å². The van der Waals surface area contributed by atoms with Gasteiger partial charge in [-0.05, 0) is 32.1 Å². The summed E-state index contributed by atoms with van der Waals surface area (Å²) in [4.78, 5) is 23.2. The second-order valence-corrected chi connectivity index (χ2v) is 22.1. The van der Waals surface area contributed by atoms with Gasteiger partial charge in [-0.2, -0.15) is 0 Å². The van der Waals surface area contributed by atoms with Gasteiger partial charge >= 0.3 is 7.82 Å². The van der Waals surface area contributed by atoms with Crippen LogP contribution >= 0.6 is 7.82 Å². The van der Waals surface area contributed by atoms with Gasteiger partial charge in [-0.1, -0.05) is 257 Å². The van der Waals surface area contributed by atoms with Crippen LogP contribution in [0.25, 0.3) is 0 Å². The Balaban J connectivity index is 3.96. The maximum absolute atomic E-state index is 12.9. The Kier molecular flexibility index (Phi) is 46.8. The first kappa shape index (κ1) is 63.2. The van der Waals surface area contributed by atoms with Gasteiger partial charge in [0.15, 0.2) is 0 Å². The lowest BCUT2D eigenvalue weighted by Crippen LogP contribution is -2.46. The van der Waals surface area contributed by atoms with E-state index in [-0.39, 0.29) is 19.1 Å². The first-order valence-electron chi connectivity index (χ1n) is 28.1. The predicted molar refractivity (Wildman–Crippen MR) is 277 cm³/mol. The van der Waals surface area contributed by atoms with E-state index in [9.17, 15) is 19.4 Å². The molecule has 0 aliphatic heterocycles. The molecule has 0 spiro atoms. The summed E-state index contributed by atoms with van der Waals surface area (Å²) in [7, 11) is 1.62. The van der Waals surface area contributed by atoms with Crippen molar-refractivity contribution in [3.8, 4) is 0 Å². The molecule has 0 aliphatic rings. The fraction of sp³-hybridized carbons (Fsp3) is 0.945. The molecule has 0 radical (unpaired) electrons. The van der Waals surface area contributed by atoms with Crippen LogP contribution in [0.3, 0.4) is 0 Å². The molecule has 0 rings (SSSR count). The van der Waals surface area contributed by atoms with E-state index in [0.717, 1.165) is 51.4 Å². The van der Waals surface area contributed by atoms with Crippen molar-refractivity contribution in [2.75, 3.05) is 40.9 Å². The Bertz CT molecular complexity index is 1050. The van der Waals surface area contributed by atoms with Gasteiger partial charge in [0.1, 0.15) is 13.2 Å². The van der Waals surface area contributed by atoms with Crippen LogP contribution in [0.5, 0.6) is 0 Å². The van der Waals surface area contributed by atoms with E-state index in [2.05, 4.69) is 31.3 Å². The number of hydrogen-bond acceptors (Lipinski definition) is 5. The molecule has 0 aromatic rings. The summed E-state index contributed by atoms with van der Waals surface area (Å²) in [6.45, 7) is 4.87. The Morgan fingerprint density at radius 3 is 1.25 bits per heavy atom. The Morgan fingerprint density at radius 2 is 0.859 bits per heavy atom. The Hall–Kier alpha value is -0.760. The minimum absolute atomic E-state index is 0.0751. The largest absolute Gasteiger partial charge is 0.472 e. The molecule has 3 unspecified atom stereocenters. The second kappa shape index (κ2) is 47.3. The number of quaternary nitrogens is 1. The molecule has 0 bridgehead atoms. The molecule has 0 aliphatic carbocycles. The summed E-state index contributed by atoms with van der Waals surface area (Å²) in [6, 6.07) is -0.761. The number of phosphoric ester groups is 1. The molecule has 8 nitrogen and oxygen atoms in total. The third-order valence-electron chi connectivity index (χ3n) is 13.0. The number of aliphatic hydroxyl groups is 1. The van der Waals surface area contributed by atoms with Crippen molar-refractivity contribution in [2.24, 2.45) is 0 Å². The average molecular weight is 928 g/mol. The zero-order chi connectivity index (χ0) is 47.1. The predicted octanol–water partition coefficient (Wildman–Crippen LogP) is 16.7. The zero-order valence-electron chi connectivity index (χ0n) is 43.6. The summed E-state index contributed by atoms with van der Waals surface area (Å²) in [5.41, 5.74) is 0. The summed E-state index contributed by atoms with van der Waals surface area (Å²) < 4.78 is 23.7. The number of allylic oxidation sites excluding steroid dienone is 2. The lowest BCUT2D eigenvalue weighted by atomic mass is 10.0. The number of unbranched alkanes of at least 4 members (excludes halogenated alkanes) is 37. The molecule has 0 aromatic carbocycles. The van der Waals surface area contributed by atoms with Crippen molar-refractivity contribution in [3.05, 3.63) is 12.2 Å². The molecule has 382 valence electrons. The molecule has 0 aromatic heterocycles. The van der Waals surface area contributed by atoms with E-state index in [4.69, 9.17) is 9.05 Å². The summed E-state index contributed by atoms with van der Waals surface area (Å²) in [5, 5.41) is 14.0. The summed E-state index contributed by atoms with van der Waals surface area (Å²) in [5.74, 6) is -0.152. The molecule has 0 fully saturated rings. The van der Waals surface area contributed by atoms with E-state index in [1.807, 2.05) is 21.1 Å². The maximum Gasteiger partial charge on any atom is 0.472 e. The fourth-order valence-corrected chi connectivity index (χ4v) is 9.30. The van der Waals surface area contributed by atoms with Crippen molar-refractivity contribution < 1.29 is 32.9 Å². The monoisotopic (exact) mass is 928 g/mol. The number of amides is 1. The van der Waals surface area contributed by atoms with E-state index < -0.39 is 20.0 Å². The number of carbonyl (C=O) groups is 1. The van der Waals surface area contributed by atoms with Crippen LogP contribution < -0.4 is 5.32 Å². The van der Waals surface area contributed by atoms with E-state index >= 15 is 0 Å². The van der Waals surface area contributed by atoms with Gasteiger partial charge in [-0.25, -0.2) is 4.57 Å². The minimum atomic E-state index is -4.32. The van der Waals surface area contributed by atoms with E-state index in [0.29, 0.717) is 23.9 Å². The first-order valence-corrected chi connectivity index (χ1v) is 29.5. The van der Waals surface area contributed by atoms with Crippen LogP contribution in [-0.4, -0.2) is 73.4 Å². The lowest BCUT2D eigenvalue weighted by Gasteiger charge is -2.26. The van der Waals surface area contributed by atoms with E-state index in [1.165, 1.54) is 205 Å². The normalized spacial score (nSPS) is 14.0. The van der Waals surface area contributed by atoms with Crippen molar-refractivity contribution in [1.29, 1.82) is 0 Å². The van der Waals surface area contributed by atoms with Crippen molar-refractivity contribution in [2.45, 2.75) is 296 Å². The van der Waals surface area contributed by atoms with Gasteiger partial charge in [0, 0.05) is 6.42 Å². The van der Waals surface area contributed by atoms with Crippen molar-refractivity contribution in [3.63, 3.8) is 0 Å². The highest BCUT2D eigenvalue weighted by Crippen LogP contribution is 2.43. The van der Waals surface area contributed by atoms with Crippen LogP contribution in [0.1, 0.15) is 284 Å². The average Bonchev–Trinajstić information content (AvgIpc) is 3.25. The highest BCUT2D eigenvalue weighted by atomic mass is 31.2. The van der Waals surface area contributed by atoms with Crippen LogP contribution in [-0.2, 0) is 18.4 Å². The van der Waals surface area contributed by atoms with Gasteiger partial charge in [0.2, 0.25) is 5.91 Å². The number of likely N-dealkylation sites (N-methyl/N-ethyl adjacent to an activating group) is 1. The third-order valence-corrected chi connectivity index (χ3v) is 14.0. The van der Waals surface area contributed by atoms with Crippen LogP contribution in [0.2, 0.25) is 0 Å². The first-order chi connectivity index (χ1) is 31.0. The quantitative estimate of drug-likeness (QED) is 0.0243. The molecule has 64 heavy (non-hydrogen) atoms. The molecule has 3 N–H and O–H groups in total. The fourth-order valence-electron chi connectivity index (χ4n) is 8.56. The number of nitrogens with zero attached hydrogens (tertiary/aromatic N) is 1. The molecule has 0 saturated heterocycles. The molecule has 3 atom stereocenters. The van der Waals surface area contributed by atoms with Gasteiger partial charge in [0.25, 0.3) is 0 Å². The van der Waals surface area contributed by atoms with Crippen molar-refractivity contribution in [1.82, 2.24) is 5.32 Å². The van der Waals surface area contributed by atoms with E-state index in [1.54, 1.807) is 0 Å². The molecule has 1 amide bonds. The summed E-state index contributed by atoms with van der Waals surface area (Å²) in [6.07, 6.45) is 57.2. The second-order valence-electron chi connectivity index (χ2n) is 20.7. The van der Waals surface area contributed by atoms with Gasteiger partial charge in [0.05, 0.1) is 39.9 Å². The highest BCUT2D eigenvalue weighted by molar-refractivity contribution is 7.47. The summed E-state index contributed by atoms with van der Waals surface area (Å²) >= 11 is 0. The molecular formula is C55H112N2O6P+. The standard InChI is InChI=1S/C55H111N2O6P/c1-6-8-10-12-14-16-18-19-20-21-22-23-24-25-26-27-28-29-30-31-32-33-34-35-36-37-39-40-42-44-46-48-54(58)53(52-63-64(60,61)62-51-50-57(3,4)5)56-55(59)49-47-45-43-41-38-17-15-13-11-9-7-2/h13,15,53-54,58H,6-12,14,16-52H2,1-5H3,(H-,56,59,60,61)/p+1/b15-13-. The van der Waals surface area contributed by atoms with Crippen LogP contribution in [0, 0.1) is 0 Å². The Labute approximate surface area is 399 Å². The van der Waals surface area contributed by atoms with Crippen LogP contribution in [0.15, 0.2) is 12.2 Å². The molecule has 9 heteroatoms. The Morgan fingerprint density at radius 1 is 0.516 bits per heavy atom. The van der Waals surface area contributed by atoms with Gasteiger partial charge < -0.3 is 19.8 Å². The highest BCUT2D eigenvalue weighted by Gasteiger charge is 2.28. The van der Waals surface area contributed by atoms with Gasteiger partial charge in [-0.3, -0.25) is 13.8 Å². The van der Waals surface area contributed by atoms with Crippen molar-refractivity contribution >= 4 is 13.7 Å². The number of hydrogen-bond donors (Lipinski definition) is 3. The topological polar surface area (TPSA) is 105 Å². The minimum Gasteiger partial charge on any atom is -0.391 e.